The van der Waals surface area contributed by atoms with E-state index in [1.54, 1.807) is 0 Å². The van der Waals surface area contributed by atoms with Crippen molar-refractivity contribution < 1.29 is 0 Å². The molecule has 0 amide bonds. The van der Waals surface area contributed by atoms with Gasteiger partial charge in [-0.1, -0.05) is 26.0 Å². The van der Waals surface area contributed by atoms with Gasteiger partial charge in [0.05, 0.1) is 0 Å². The average Bonchev–Trinajstić information content (AvgIpc) is 2.55. The largest absolute Gasteiger partial charge is 0.370 e. The van der Waals surface area contributed by atoms with E-state index in [4.69, 9.17) is 5.73 Å². The molecule has 0 aromatic heterocycles. The van der Waals surface area contributed by atoms with Crippen LogP contribution in [0.2, 0.25) is 0 Å². The number of rotatable bonds is 6. The fourth-order valence-electron chi connectivity index (χ4n) is 2.84. The molecule has 24 heavy (non-hydrogen) atoms. The molecule has 5 nitrogen and oxygen atoms in total. The Balaban J connectivity index is 0.00000288. The third kappa shape index (κ3) is 7.36. The van der Waals surface area contributed by atoms with Gasteiger partial charge < -0.3 is 20.9 Å². The van der Waals surface area contributed by atoms with Crippen molar-refractivity contribution >= 4 is 35.6 Å². The highest BCUT2D eigenvalue weighted by molar-refractivity contribution is 14.0. The van der Waals surface area contributed by atoms with Crippen LogP contribution in [0.5, 0.6) is 0 Å². The first-order valence-corrected chi connectivity index (χ1v) is 8.63. The quantitative estimate of drug-likeness (QED) is 0.402. The second-order valence-electron chi connectivity index (χ2n) is 6.61. The van der Waals surface area contributed by atoms with Gasteiger partial charge in [-0.3, -0.25) is 4.99 Å². The van der Waals surface area contributed by atoms with Crippen LogP contribution in [0.25, 0.3) is 0 Å². The molecule has 3 N–H and O–H groups in total. The summed E-state index contributed by atoms with van der Waals surface area (Å²) in [5.41, 5.74) is 8.32. The van der Waals surface area contributed by atoms with E-state index in [1.165, 1.54) is 5.56 Å². The Bertz CT molecular complexity index is 512. The van der Waals surface area contributed by atoms with Crippen molar-refractivity contribution in [1.29, 1.82) is 0 Å². The second kappa shape index (κ2) is 10.9. The molecule has 0 bridgehead atoms. The minimum Gasteiger partial charge on any atom is -0.370 e. The van der Waals surface area contributed by atoms with Crippen molar-refractivity contribution in [2.24, 2.45) is 16.6 Å². The molecule has 1 fully saturated rings. The molecule has 1 aromatic rings. The highest BCUT2D eigenvalue weighted by atomic mass is 127. The average molecular weight is 445 g/mol. The summed E-state index contributed by atoms with van der Waals surface area (Å²) in [6, 6.07) is 8.31. The number of nitrogens with zero attached hydrogens (tertiary/aromatic N) is 3. The van der Waals surface area contributed by atoms with Gasteiger partial charge in [-0.2, -0.15) is 0 Å². The number of aliphatic imine (C=N–C) groups is 1. The van der Waals surface area contributed by atoms with Gasteiger partial charge in [-0.05, 0) is 37.1 Å². The lowest BCUT2D eigenvalue weighted by Crippen LogP contribution is -2.46. The van der Waals surface area contributed by atoms with Gasteiger partial charge in [0.25, 0.3) is 0 Å². The zero-order chi connectivity index (χ0) is 16.7. The Hall–Kier alpha value is -0.860. The van der Waals surface area contributed by atoms with E-state index >= 15 is 0 Å². The zero-order valence-corrected chi connectivity index (χ0v) is 17.5. The van der Waals surface area contributed by atoms with E-state index in [0.29, 0.717) is 11.9 Å². The van der Waals surface area contributed by atoms with Gasteiger partial charge >= 0.3 is 0 Å². The SMILES string of the molecule is CCc1cccc(NC(N)=NCC(C)CN2CCN(C)CC2)c1.I. The van der Waals surface area contributed by atoms with Crippen molar-refractivity contribution in [1.82, 2.24) is 9.80 Å². The summed E-state index contributed by atoms with van der Waals surface area (Å²) in [6.07, 6.45) is 1.02. The van der Waals surface area contributed by atoms with E-state index in [1.807, 2.05) is 12.1 Å². The Morgan fingerprint density at radius 2 is 2.00 bits per heavy atom. The Labute approximate surface area is 163 Å². The third-order valence-electron chi connectivity index (χ3n) is 4.35. The summed E-state index contributed by atoms with van der Waals surface area (Å²) in [7, 11) is 2.19. The Morgan fingerprint density at radius 1 is 1.29 bits per heavy atom. The van der Waals surface area contributed by atoms with Crippen LogP contribution >= 0.6 is 24.0 Å². The van der Waals surface area contributed by atoms with Crippen LogP contribution in [-0.4, -0.2) is 62.1 Å². The maximum absolute atomic E-state index is 6.02. The normalized spacial score (nSPS) is 18.0. The first-order valence-electron chi connectivity index (χ1n) is 8.63. The van der Waals surface area contributed by atoms with Crippen molar-refractivity contribution in [3.8, 4) is 0 Å². The topological polar surface area (TPSA) is 56.9 Å². The molecule has 1 atom stereocenters. The first-order chi connectivity index (χ1) is 11.1. The summed E-state index contributed by atoms with van der Waals surface area (Å²) in [6.45, 7) is 10.9. The highest BCUT2D eigenvalue weighted by Crippen LogP contribution is 2.11. The predicted molar refractivity (Wildman–Crippen MR) is 114 cm³/mol. The van der Waals surface area contributed by atoms with Crippen molar-refractivity contribution in [2.45, 2.75) is 20.3 Å². The highest BCUT2D eigenvalue weighted by Gasteiger charge is 2.15. The molecule has 0 spiro atoms. The van der Waals surface area contributed by atoms with Gasteiger partial charge in [0.1, 0.15) is 0 Å². The fourth-order valence-corrected chi connectivity index (χ4v) is 2.84. The van der Waals surface area contributed by atoms with Crippen LogP contribution in [-0.2, 0) is 6.42 Å². The van der Waals surface area contributed by atoms with Gasteiger partial charge in [0.2, 0.25) is 0 Å². The standard InChI is InChI=1S/C18H31N5.HI/c1-4-16-6-5-7-17(12-16)21-18(19)20-13-15(2)14-23-10-8-22(3)9-11-23;/h5-7,12,15H,4,8-11,13-14H2,1-3H3,(H3,19,20,21);1H. The summed E-state index contributed by atoms with van der Waals surface area (Å²) in [5, 5.41) is 3.19. The van der Waals surface area contributed by atoms with E-state index in [-0.39, 0.29) is 24.0 Å². The Morgan fingerprint density at radius 3 is 2.67 bits per heavy atom. The molecular formula is C18H32IN5. The molecule has 1 aliphatic heterocycles. The lowest BCUT2D eigenvalue weighted by Gasteiger charge is -2.33. The van der Waals surface area contributed by atoms with E-state index < -0.39 is 0 Å². The number of halogens is 1. The van der Waals surface area contributed by atoms with Gasteiger partial charge in [0.15, 0.2) is 5.96 Å². The molecule has 1 unspecified atom stereocenters. The smallest absolute Gasteiger partial charge is 0.193 e. The van der Waals surface area contributed by atoms with E-state index in [2.05, 4.69) is 53.1 Å². The van der Waals surface area contributed by atoms with Crippen molar-refractivity contribution in [2.75, 3.05) is 51.6 Å². The zero-order valence-electron chi connectivity index (χ0n) is 15.2. The summed E-state index contributed by atoms with van der Waals surface area (Å²) in [5.74, 6) is 1.02. The van der Waals surface area contributed by atoms with Gasteiger partial charge in [-0.25, -0.2) is 0 Å². The minimum atomic E-state index is 0. The number of piperazine rings is 1. The third-order valence-corrected chi connectivity index (χ3v) is 4.35. The number of benzene rings is 1. The van der Waals surface area contributed by atoms with E-state index in [0.717, 1.165) is 51.4 Å². The predicted octanol–water partition coefficient (Wildman–Crippen LogP) is 2.48. The van der Waals surface area contributed by atoms with Crippen LogP contribution in [0.3, 0.4) is 0 Å². The molecule has 0 radical (unpaired) electrons. The lowest BCUT2D eigenvalue weighted by atomic mass is 10.1. The van der Waals surface area contributed by atoms with E-state index in [9.17, 15) is 0 Å². The van der Waals surface area contributed by atoms with Crippen LogP contribution in [0.15, 0.2) is 29.3 Å². The molecule has 1 saturated heterocycles. The molecule has 1 aromatic carbocycles. The van der Waals surface area contributed by atoms with Gasteiger partial charge in [-0.15, -0.1) is 24.0 Å². The number of guanidine groups is 1. The summed E-state index contributed by atoms with van der Waals surface area (Å²) in [4.78, 5) is 9.40. The van der Waals surface area contributed by atoms with Crippen LogP contribution in [0.1, 0.15) is 19.4 Å². The van der Waals surface area contributed by atoms with Crippen molar-refractivity contribution in [3.63, 3.8) is 0 Å². The second-order valence-corrected chi connectivity index (χ2v) is 6.61. The number of aryl methyl sites for hydroxylation is 1. The molecule has 2 rings (SSSR count). The summed E-state index contributed by atoms with van der Waals surface area (Å²) < 4.78 is 0. The first kappa shape index (κ1) is 21.2. The number of hydrogen-bond donors (Lipinski definition) is 2. The summed E-state index contributed by atoms with van der Waals surface area (Å²) >= 11 is 0. The molecular weight excluding hydrogens is 413 g/mol. The fraction of sp³-hybridized carbons (Fsp3) is 0.611. The van der Waals surface area contributed by atoms with Crippen LogP contribution < -0.4 is 11.1 Å². The van der Waals surface area contributed by atoms with Crippen molar-refractivity contribution in [3.05, 3.63) is 29.8 Å². The number of likely N-dealkylation sites (N-methyl/N-ethyl adjacent to an activating group) is 1. The lowest BCUT2D eigenvalue weighted by molar-refractivity contribution is 0.140. The number of anilines is 1. The molecule has 6 heteroatoms. The maximum atomic E-state index is 6.02. The molecule has 1 aliphatic rings. The maximum Gasteiger partial charge on any atom is 0.193 e. The monoisotopic (exact) mass is 445 g/mol. The van der Waals surface area contributed by atoms with Crippen LogP contribution in [0, 0.1) is 5.92 Å². The molecule has 136 valence electrons. The molecule has 1 heterocycles. The number of hydrogen-bond acceptors (Lipinski definition) is 3. The molecule has 0 saturated carbocycles. The van der Waals surface area contributed by atoms with Gasteiger partial charge in [0, 0.05) is 45.0 Å². The Kier molecular flexibility index (Phi) is 9.61. The minimum absolute atomic E-state index is 0. The number of nitrogens with one attached hydrogen (secondary N) is 1. The van der Waals surface area contributed by atoms with Crippen LogP contribution in [0.4, 0.5) is 5.69 Å². The molecule has 0 aliphatic carbocycles. The number of nitrogens with two attached hydrogens (primary N) is 1.